The number of sulfonamides is 1. The Morgan fingerprint density at radius 2 is 1.73 bits per heavy atom. The number of para-hydroxylation sites is 1. The minimum atomic E-state index is -3.68. The molecule has 0 bridgehead atoms. The topological polar surface area (TPSA) is 72.6 Å². The second-order valence-electron chi connectivity index (χ2n) is 7.12. The van der Waals surface area contributed by atoms with Crippen LogP contribution in [0.4, 0.5) is 5.69 Å². The normalized spacial score (nSPS) is 11.5. The molecule has 3 aromatic rings. The standard InChI is InChI=1S/C23H28N2O4S/c1-5-15-25(23-10-8-7-9-19(23)6-2)30(26,27)21-13-11-20(12-14-21)28-16-22-17(3)24-29-18(22)4/h7-14H,5-6,15-16H2,1-4H3. The van der Waals surface area contributed by atoms with Crippen molar-refractivity contribution in [2.75, 3.05) is 10.8 Å². The predicted molar refractivity (Wildman–Crippen MR) is 117 cm³/mol. The van der Waals surface area contributed by atoms with Crippen LogP contribution in [0.5, 0.6) is 5.75 Å². The average Bonchev–Trinajstić information content (AvgIpc) is 3.08. The van der Waals surface area contributed by atoms with Crippen molar-refractivity contribution in [2.45, 2.75) is 52.0 Å². The molecule has 1 heterocycles. The summed E-state index contributed by atoms with van der Waals surface area (Å²) >= 11 is 0. The molecule has 6 nitrogen and oxygen atoms in total. The van der Waals surface area contributed by atoms with Gasteiger partial charge in [-0.2, -0.15) is 0 Å². The average molecular weight is 429 g/mol. The van der Waals surface area contributed by atoms with Crippen molar-refractivity contribution in [3.63, 3.8) is 0 Å². The highest BCUT2D eigenvalue weighted by Gasteiger charge is 2.25. The Labute approximate surface area is 178 Å². The van der Waals surface area contributed by atoms with Crippen molar-refractivity contribution in [2.24, 2.45) is 0 Å². The Hall–Kier alpha value is -2.80. The van der Waals surface area contributed by atoms with Crippen LogP contribution >= 0.6 is 0 Å². The van der Waals surface area contributed by atoms with Crippen LogP contribution in [0, 0.1) is 13.8 Å². The van der Waals surface area contributed by atoms with Gasteiger partial charge in [0.15, 0.2) is 0 Å². The molecule has 0 aliphatic rings. The molecule has 2 aromatic carbocycles. The van der Waals surface area contributed by atoms with Gasteiger partial charge in [0.05, 0.1) is 21.8 Å². The van der Waals surface area contributed by atoms with E-state index in [1.54, 1.807) is 24.3 Å². The van der Waals surface area contributed by atoms with E-state index in [9.17, 15) is 8.42 Å². The first kappa shape index (κ1) is 21.9. The SMILES string of the molecule is CCCN(c1ccccc1CC)S(=O)(=O)c1ccc(OCc2c(C)noc2C)cc1. The van der Waals surface area contributed by atoms with Crippen molar-refractivity contribution < 1.29 is 17.7 Å². The second kappa shape index (κ2) is 9.34. The summed E-state index contributed by atoms with van der Waals surface area (Å²) < 4.78 is 39.2. The lowest BCUT2D eigenvalue weighted by Crippen LogP contribution is -2.32. The van der Waals surface area contributed by atoms with Gasteiger partial charge in [-0.15, -0.1) is 0 Å². The van der Waals surface area contributed by atoms with E-state index >= 15 is 0 Å². The largest absolute Gasteiger partial charge is 0.489 e. The van der Waals surface area contributed by atoms with Gasteiger partial charge in [0.2, 0.25) is 0 Å². The molecule has 7 heteroatoms. The molecule has 160 valence electrons. The van der Waals surface area contributed by atoms with Crippen molar-refractivity contribution >= 4 is 15.7 Å². The summed E-state index contributed by atoms with van der Waals surface area (Å²) in [4.78, 5) is 0.242. The highest BCUT2D eigenvalue weighted by molar-refractivity contribution is 7.92. The summed E-state index contributed by atoms with van der Waals surface area (Å²) in [6.07, 6.45) is 1.48. The number of aromatic nitrogens is 1. The highest BCUT2D eigenvalue weighted by Crippen LogP contribution is 2.29. The lowest BCUT2D eigenvalue weighted by Gasteiger charge is -2.26. The number of hydrogen-bond acceptors (Lipinski definition) is 5. The summed E-state index contributed by atoms with van der Waals surface area (Å²) in [5.74, 6) is 1.31. The smallest absolute Gasteiger partial charge is 0.264 e. The maximum absolute atomic E-state index is 13.4. The lowest BCUT2D eigenvalue weighted by molar-refractivity contribution is 0.301. The molecule has 0 fully saturated rings. The van der Waals surface area contributed by atoms with Crippen molar-refractivity contribution in [3.05, 3.63) is 71.1 Å². The number of rotatable bonds is 9. The Kier molecular flexibility index (Phi) is 6.82. The zero-order valence-electron chi connectivity index (χ0n) is 17.9. The molecule has 0 atom stereocenters. The lowest BCUT2D eigenvalue weighted by atomic mass is 10.1. The molecule has 0 aliphatic heterocycles. The van der Waals surface area contributed by atoms with Crippen LogP contribution < -0.4 is 9.04 Å². The highest BCUT2D eigenvalue weighted by atomic mass is 32.2. The summed E-state index contributed by atoms with van der Waals surface area (Å²) in [5, 5.41) is 3.91. The van der Waals surface area contributed by atoms with Gasteiger partial charge in [-0.25, -0.2) is 8.42 Å². The minimum absolute atomic E-state index is 0.242. The van der Waals surface area contributed by atoms with Crippen molar-refractivity contribution in [1.29, 1.82) is 0 Å². The van der Waals surface area contributed by atoms with E-state index in [1.807, 2.05) is 52.0 Å². The van der Waals surface area contributed by atoms with Gasteiger partial charge in [0.1, 0.15) is 18.1 Å². The van der Waals surface area contributed by atoms with Crippen molar-refractivity contribution in [3.8, 4) is 5.75 Å². The van der Waals surface area contributed by atoms with Gasteiger partial charge in [-0.1, -0.05) is 37.2 Å². The molecule has 0 amide bonds. The zero-order chi connectivity index (χ0) is 21.7. The van der Waals surface area contributed by atoms with Crippen LogP contribution in [-0.2, 0) is 23.1 Å². The maximum atomic E-state index is 13.4. The second-order valence-corrected chi connectivity index (χ2v) is 8.98. The van der Waals surface area contributed by atoms with E-state index in [2.05, 4.69) is 5.16 Å². The first-order valence-corrected chi connectivity index (χ1v) is 11.6. The fourth-order valence-corrected chi connectivity index (χ4v) is 4.92. The molecule has 0 spiro atoms. The fraction of sp³-hybridized carbons (Fsp3) is 0.348. The van der Waals surface area contributed by atoms with E-state index in [1.165, 1.54) is 4.31 Å². The third-order valence-electron chi connectivity index (χ3n) is 5.04. The van der Waals surface area contributed by atoms with Crippen LogP contribution in [0.15, 0.2) is 57.9 Å². The quantitative estimate of drug-likeness (QED) is 0.477. The van der Waals surface area contributed by atoms with E-state index in [0.29, 0.717) is 18.9 Å². The monoisotopic (exact) mass is 428 g/mol. The van der Waals surface area contributed by atoms with E-state index in [0.717, 1.165) is 41.1 Å². The third kappa shape index (κ3) is 4.51. The number of anilines is 1. The minimum Gasteiger partial charge on any atom is -0.489 e. The first-order valence-electron chi connectivity index (χ1n) is 10.1. The van der Waals surface area contributed by atoms with E-state index < -0.39 is 10.0 Å². The van der Waals surface area contributed by atoms with Gasteiger partial charge in [0, 0.05) is 6.54 Å². The van der Waals surface area contributed by atoms with Gasteiger partial charge in [0.25, 0.3) is 10.0 Å². The molecule has 0 N–H and O–H groups in total. The van der Waals surface area contributed by atoms with E-state index in [-0.39, 0.29) is 4.90 Å². The van der Waals surface area contributed by atoms with Crippen molar-refractivity contribution in [1.82, 2.24) is 5.16 Å². The third-order valence-corrected chi connectivity index (χ3v) is 6.87. The van der Waals surface area contributed by atoms with Crippen LogP contribution in [0.25, 0.3) is 0 Å². The number of benzene rings is 2. The molecule has 0 aliphatic carbocycles. The summed E-state index contributed by atoms with van der Waals surface area (Å²) in [6.45, 7) is 8.44. The number of nitrogens with zero attached hydrogens (tertiary/aromatic N) is 2. The van der Waals surface area contributed by atoms with Crippen LogP contribution in [-0.4, -0.2) is 20.1 Å². The molecular weight excluding hydrogens is 400 g/mol. The predicted octanol–water partition coefficient (Wildman–Crippen LogP) is 5.04. The molecule has 3 rings (SSSR count). The van der Waals surface area contributed by atoms with Gasteiger partial charge in [-0.3, -0.25) is 4.31 Å². The van der Waals surface area contributed by atoms with E-state index in [4.69, 9.17) is 9.26 Å². The summed E-state index contributed by atoms with van der Waals surface area (Å²) in [6, 6.07) is 14.2. The zero-order valence-corrected chi connectivity index (χ0v) is 18.7. The molecule has 0 radical (unpaired) electrons. The number of aryl methyl sites for hydroxylation is 3. The fourth-order valence-electron chi connectivity index (χ4n) is 3.32. The Morgan fingerprint density at radius 1 is 1.03 bits per heavy atom. The molecule has 0 unspecified atom stereocenters. The van der Waals surface area contributed by atoms with Gasteiger partial charge < -0.3 is 9.26 Å². The van der Waals surface area contributed by atoms with Crippen LogP contribution in [0.3, 0.4) is 0 Å². The summed E-state index contributed by atoms with van der Waals surface area (Å²) in [5.41, 5.74) is 3.43. The Bertz CT molecular complexity index is 1070. The molecule has 1 aromatic heterocycles. The summed E-state index contributed by atoms with van der Waals surface area (Å²) in [7, 11) is -3.68. The van der Waals surface area contributed by atoms with Crippen LogP contribution in [0.1, 0.15) is 42.8 Å². The maximum Gasteiger partial charge on any atom is 0.264 e. The van der Waals surface area contributed by atoms with Gasteiger partial charge in [-0.05, 0) is 62.6 Å². The first-order chi connectivity index (χ1) is 14.4. The number of hydrogen-bond donors (Lipinski definition) is 0. The van der Waals surface area contributed by atoms with Crippen LogP contribution in [0.2, 0.25) is 0 Å². The molecule has 0 saturated heterocycles. The Balaban J connectivity index is 1.84. The number of ether oxygens (including phenoxy) is 1. The molecule has 30 heavy (non-hydrogen) atoms. The van der Waals surface area contributed by atoms with Gasteiger partial charge >= 0.3 is 0 Å². The molecular formula is C23H28N2O4S. The Morgan fingerprint density at radius 3 is 2.33 bits per heavy atom. The molecule has 0 saturated carbocycles.